The quantitative estimate of drug-likeness (QED) is 0.398. The third-order valence-electron chi connectivity index (χ3n) is 6.84. The molecule has 198 valence electrons. The van der Waals surface area contributed by atoms with E-state index in [4.69, 9.17) is 18.6 Å². The van der Waals surface area contributed by atoms with Crippen LogP contribution in [0.5, 0.6) is 5.75 Å². The minimum atomic E-state index is -0.523. The van der Waals surface area contributed by atoms with E-state index in [1.54, 1.807) is 18.3 Å². The van der Waals surface area contributed by atoms with E-state index < -0.39 is 5.60 Å². The van der Waals surface area contributed by atoms with Crippen LogP contribution in [0.3, 0.4) is 0 Å². The van der Waals surface area contributed by atoms with Crippen molar-refractivity contribution in [1.82, 2.24) is 9.80 Å². The van der Waals surface area contributed by atoms with Crippen LogP contribution < -0.4 is 4.74 Å². The summed E-state index contributed by atoms with van der Waals surface area (Å²) in [4.78, 5) is 29.8. The summed E-state index contributed by atoms with van der Waals surface area (Å²) in [7, 11) is 1.68. The minimum absolute atomic E-state index is 0.107. The summed E-state index contributed by atoms with van der Waals surface area (Å²) in [6, 6.07) is 6.12. The third kappa shape index (κ3) is 6.52. The second-order valence-electron chi connectivity index (χ2n) is 11.0. The fourth-order valence-corrected chi connectivity index (χ4v) is 4.90. The predicted molar refractivity (Wildman–Crippen MR) is 137 cm³/mol. The summed E-state index contributed by atoms with van der Waals surface area (Å²) in [6.45, 7) is 10.1. The van der Waals surface area contributed by atoms with E-state index >= 15 is 0 Å². The van der Waals surface area contributed by atoms with Crippen LogP contribution in [0.15, 0.2) is 28.9 Å². The fourth-order valence-electron chi connectivity index (χ4n) is 4.90. The number of methoxy groups -OCH3 is 1. The van der Waals surface area contributed by atoms with Crippen molar-refractivity contribution in [2.75, 3.05) is 33.4 Å². The predicted octanol–water partition coefficient (Wildman–Crippen LogP) is 5.55. The Kier molecular flexibility index (Phi) is 8.13. The van der Waals surface area contributed by atoms with Crippen LogP contribution in [0.1, 0.15) is 71.4 Å². The van der Waals surface area contributed by atoms with Gasteiger partial charge in [0.25, 0.3) is 0 Å². The molecule has 2 aliphatic rings. The maximum absolute atomic E-state index is 13.6. The highest BCUT2D eigenvalue weighted by atomic mass is 16.6. The molecule has 1 aromatic heterocycles. The molecule has 1 aliphatic carbocycles. The molecule has 1 aromatic carbocycles. The summed E-state index contributed by atoms with van der Waals surface area (Å²) >= 11 is 0. The van der Waals surface area contributed by atoms with Crippen molar-refractivity contribution in [3.8, 4) is 5.75 Å². The van der Waals surface area contributed by atoms with Gasteiger partial charge in [-0.25, -0.2) is 4.79 Å². The molecular weight excluding hydrogens is 460 g/mol. The van der Waals surface area contributed by atoms with Crippen LogP contribution in [-0.2, 0) is 14.3 Å². The van der Waals surface area contributed by atoms with Crippen molar-refractivity contribution in [1.29, 1.82) is 0 Å². The number of fused-ring (bicyclic) bond motifs is 1. The van der Waals surface area contributed by atoms with Gasteiger partial charge in [-0.05, 0) is 76.6 Å². The summed E-state index contributed by atoms with van der Waals surface area (Å²) in [5.74, 6) is 1.06. The fraction of sp³-hybridized carbons (Fsp3) is 0.643. The number of furan rings is 1. The van der Waals surface area contributed by atoms with Crippen LogP contribution in [0, 0.1) is 5.92 Å². The van der Waals surface area contributed by atoms with Crippen LogP contribution >= 0.6 is 0 Å². The highest BCUT2D eigenvalue weighted by Gasteiger charge is 2.39. The lowest BCUT2D eigenvalue weighted by atomic mass is 10.0. The van der Waals surface area contributed by atoms with Gasteiger partial charge in [0.15, 0.2) is 0 Å². The zero-order valence-electron chi connectivity index (χ0n) is 22.2. The van der Waals surface area contributed by atoms with Crippen LogP contribution in [0.4, 0.5) is 4.79 Å². The number of carbonyl (C=O) groups is 2. The van der Waals surface area contributed by atoms with Crippen molar-refractivity contribution in [2.24, 2.45) is 5.92 Å². The molecule has 0 radical (unpaired) electrons. The van der Waals surface area contributed by atoms with Crippen molar-refractivity contribution >= 4 is 23.0 Å². The zero-order valence-corrected chi connectivity index (χ0v) is 22.2. The highest BCUT2D eigenvalue weighted by Crippen LogP contribution is 2.39. The first-order valence-corrected chi connectivity index (χ1v) is 13.1. The Balaban J connectivity index is 1.44. The number of benzene rings is 1. The normalized spacial score (nSPS) is 18.9. The van der Waals surface area contributed by atoms with Crippen molar-refractivity contribution in [2.45, 2.75) is 77.5 Å². The Bertz CT molecular complexity index is 1050. The number of likely N-dealkylation sites (tertiary alicyclic amines) is 1. The van der Waals surface area contributed by atoms with Gasteiger partial charge < -0.3 is 28.4 Å². The number of amides is 2. The lowest BCUT2D eigenvalue weighted by Crippen LogP contribution is -2.38. The molecular formula is C28H40N2O6. The number of ether oxygens (including phenoxy) is 3. The summed E-state index contributed by atoms with van der Waals surface area (Å²) in [5.41, 5.74) is 1.24. The van der Waals surface area contributed by atoms with Crippen molar-refractivity contribution < 1.29 is 28.2 Å². The van der Waals surface area contributed by atoms with Crippen LogP contribution in [-0.4, -0.2) is 66.9 Å². The molecule has 8 nitrogen and oxygen atoms in total. The average molecular weight is 501 g/mol. The number of rotatable bonds is 10. The maximum atomic E-state index is 13.6. The minimum Gasteiger partial charge on any atom is -0.493 e. The topological polar surface area (TPSA) is 81.5 Å². The van der Waals surface area contributed by atoms with E-state index in [1.807, 2.05) is 43.9 Å². The molecule has 2 fully saturated rings. The molecule has 0 spiro atoms. The maximum Gasteiger partial charge on any atom is 0.410 e. The molecule has 2 unspecified atom stereocenters. The lowest BCUT2D eigenvalue weighted by molar-refractivity contribution is -0.135. The van der Waals surface area contributed by atoms with Crippen molar-refractivity contribution in [3.63, 3.8) is 0 Å². The van der Waals surface area contributed by atoms with Crippen LogP contribution in [0.25, 0.3) is 11.0 Å². The van der Waals surface area contributed by atoms with Crippen molar-refractivity contribution in [3.05, 3.63) is 30.0 Å². The molecule has 8 heteroatoms. The van der Waals surface area contributed by atoms with Gasteiger partial charge in [-0.3, -0.25) is 4.79 Å². The number of hydrogen-bond acceptors (Lipinski definition) is 6. The highest BCUT2D eigenvalue weighted by molar-refractivity contribution is 5.85. The van der Waals surface area contributed by atoms with E-state index in [2.05, 4.69) is 6.92 Å². The molecule has 36 heavy (non-hydrogen) atoms. The first kappa shape index (κ1) is 26.3. The Morgan fingerprint density at radius 2 is 1.97 bits per heavy atom. The monoisotopic (exact) mass is 500 g/mol. The van der Waals surface area contributed by atoms with Gasteiger partial charge >= 0.3 is 6.09 Å². The van der Waals surface area contributed by atoms with Gasteiger partial charge in [-0.2, -0.15) is 0 Å². The second-order valence-corrected chi connectivity index (χ2v) is 11.0. The molecule has 1 saturated carbocycles. The summed E-state index contributed by atoms with van der Waals surface area (Å²) in [6.07, 6.45) is 5.46. The average Bonchev–Trinajstić information content (AvgIpc) is 3.32. The summed E-state index contributed by atoms with van der Waals surface area (Å²) < 4.78 is 22.4. The first-order valence-electron chi connectivity index (χ1n) is 13.1. The van der Waals surface area contributed by atoms with E-state index in [-0.39, 0.29) is 30.0 Å². The number of nitrogens with zero attached hydrogens (tertiary/aromatic N) is 2. The Morgan fingerprint density at radius 1 is 1.19 bits per heavy atom. The molecule has 0 N–H and O–H groups in total. The molecule has 4 rings (SSSR count). The third-order valence-corrected chi connectivity index (χ3v) is 6.84. The lowest BCUT2D eigenvalue weighted by Gasteiger charge is -2.31. The number of carbonyl (C=O) groups excluding carboxylic acids is 2. The molecule has 2 atom stereocenters. The van der Waals surface area contributed by atoms with E-state index in [9.17, 15) is 9.59 Å². The van der Waals surface area contributed by atoms with Gasteiger partial charge in [0.1, 0.15) is 16.9 Å². The van der Waals surface area contributed by atoms with Gasteiger partial charge in [-0.15, -0.1) is 0 Å². The second kappa shape index (κ2) is 11.1. The van der Waals surface area contributed by atoms with Gasteiger partial charge in [0.05, 0.1) is 24.3 Å². The van der Waals surface area contributed by atoms with Crippen LogP contribution in [0.2, 0.25) is 0 Å². The Labute approximate surface area is 213 Å². The molecule has 1 saturated heterocycles. The van der Waals surface area contributed by atoms with Gasteiger partial charge in [-0.1, -0.05) is 0 Å². The van der Waals surface area contributed by atoms with Gasteiger partial charge in [0, 0.05) is 45.7 Å². The molecule has 0 bridgehead atoms. The molecule has 1 aliphatic heterocycles. The Hall–Kier alpha value is -2.74. The first-order chi connectivity index (χ1) is 17.2. The molecule has 2 amide bonds. The molecule has 2 heterocycles. The van der Waals surface area contributed by atoms with E-state index in [0.717, 1.165) is 48.0 Å². The largest absolute Gasteiger partial charge is 0.493 e. The molecule has 2 aromatic rings. The van der Waals surface area contributed by atoms with E-state index in [1.165, 1.54) is 0 Å². The summed E-state index contributed by atoms with van der Waals surface area (Å²) in [5, 5.41) is 0.931. The van der Waals surface area contributed by atoms with E-state index in [0.29, 0.717) is 32.7 Å². The standard InChI is InChI=1S/C28H40N2O6/c1-19(21-16-24(34-13-6-12-33-5)23-10-14-35-25(23)17-21)30(22-7-8-22)26(31)15-20-9-11-29(18-20)27(32)36-28(2,3)4/h10,14,16-17,19-20,22H,6-9,11-13,15,18H2,1-5H3. The van der Waals surface area contributed by atoms with Gasteiger partial charge in [0.2, 0.25) is 5.91 Å². The SMILES string of the molecule is COCCCOc1cc(C(C)N(C(=O)CC2CCN(C(=O)OC(C)(C)C)C2)C2CC2)cc2occc12. The zero-order chi connectivity index (χ0) is 25.9. The Morgan fingerprint density at radius 3 is 2.67 bits per heavy atom. The smallest absolute Gasteiger partial charge is 0.410 e. The number of hydrogen-bond donors (Lipinski definition) is 0.